The summed E-state index contributed by atoms with van der Waals surface area (Å²) in [7, 11) is -2.88. The summed E-state index contributed by atoms with van der Waals surface area (Å²) in [4.78, 5) is 0. The third-order valence-corrected chi connectivity index (χ3v) is 5.85. The second kappa shape index (κ2) is 8.00. The molecular formula is C14H20BrFO2S. The Morgan fingerprint density at radius 2 is 2.11 bits per heavy atom. The lowest BCUT2D eigenvalue weighted by molar-refractivity contribution is 0.526. The van der Waals surface area contributed by atoms with E-state index in [0.29, 0.717) is 12.3 Å². The van der Waals surface area contributed by atoms with Gasteiger partial charge in [-0.2, -0.15) is 0 Å². The molecule has 2 nitrogen and oxygen atoms in total. The molecule has 0 heterocycles. The van der Waals surface area contributed by atoms with Crippen LogP contribution in [0.15, 0.2) is 24.3 Å². The molecule has 0 N–H and O–H groups in total. The zero-order chi connectivity index (χ0) is 14.3. The first kappa shape index (κ1) is 16.6. The fourth-order valence-electron chi connectivity index (χ4n) is 1.97. The first-order valence-corrected chi connectivity index (χ1v) is 9.42. The Balaban J connectivity index is 2.46. The second-order valence-corrected chi connectivity index (χ2v) is 7.85. The van der Waals surface area contributed by atoms with Crippen molar-refractivity contribution in [3.05, 3.63) is 35.6 Å². The lowest BCUT2D eigenvalue weighted by atomic mass is 9.97. The summed E-state index contributed by atoms with van der Waals surface area (Å²) in [5.41, 5.74) is 0.961. The van der Waals surface area contributed by atoms with Gasteiger partial charge < -0.3 is 0 Å². The minimum absolute atomic E-state index is 0.204. The van der Waals surface area contributed by atoms with Crippen molar-refractivity contribution in [3.63, 3.8) is 0 Å². The molecule has 1 aromatic rings. The van der Waals surface area contributed by atoms with Gasteiger partial charge in [0.1, 0.15) is 15.7 Å². The van der Waals surface area contributed by atoms with Gasteiger partial charge in [-0.25, -0.2) is 12.8 Å². The predicted molar refractivity (Wildman–Crippen MR) is 80.9 cm³/mol. The van der Waals surface area contributed by atoms with Gasteiger partial charge in [0.05, 0.1) is 5.75 Å². The second-order valence-electron chi connectivity index (χ2n) is 4.73. The first-order chi connectivity index (χ1) is 8.96. The lowest BCUT2D eigenvalue weighted by Crippen LogP contribution is -2.12. The van der Waals surface area contributed by atoms with Crippen LogP contribution in [0.5, 0.6) is 0 Å². The van der Waals surface area contributed by atoms with Gasteiger partial charge in [-0.3, -0.25) is 0 Å². The zero-order valence-corrected chi connectivity index (χ0v) is 13.5. The van der Waals surface area contributed by atoms with E-state index in [1.54, 1.807) is 19.1 Å². The van der Waals surface area contributed by atoms with Gasteiger partial charge in [0.25, 0.3) is 0 Å². The highest BCUT2D eigenvalue weighted by Crippen LogP contribution is 2.18. The SMILES string of the molecule is CCS(=O)(=O)CCCC(CBr)Cc1cccc(F)c1. The molecule has 108 valence electrons. The van der Waals surface area contributed by atoms with Gasteiger partial charge >= 0.3 is 0 Å². The number of sulfone groups is 1. The highest BCUT2D eigenvalue weighted by Gasteiger charge is 2.12. The molecule has 0 saturated heterocycles. The molecule has 1 aromatic carbocycles. The largest absolute Gasteiger partial charge is 0.229 e. The average Bonchev–Trinajstić information content (AvgIpc) is 2.37. The lowest BCUT2D eigenvalue weighted by Gasteiger charge is -2.14. The highest BCUT2D eigenvalue weighted by molar-refractivity contribution is 9.09. The number of hydrogen-bond acceptors (Lipinski definition) is 2. The van der Waals surface area contributed by atoms with Crippen molar-refractivity contribution >= 4 is 25.8 Å². The van der Waals surface area contributed by atoms with Crippen LogP contribution in [-0.2, 0) is 16.3 Å². The minimum atomic E-state index is -2.88. The standard InChI is InChI=1S/C14H20BrFO2S/c1-2-19(17,18)8-4-6-13(11-15)9-12-5-3-7-14(16)10-12/h3,5,7,10,13H,2,4,6,8-9,11H2,1H3. The van der Waals surface area contributed by atoms with E-state index in [1.165, 1.54) is 6.07 Å². The van der Waals surface area contributed by atoms with Crippen LogP contribution in [-0.4, -0.2) is 25.3 Å². The molecule has 0 bridgehead atoms. The molecule has 0 fully saturated rings. The molecular weight excluding hydrogens is 331 g/mol. The Morgan fingerprint density at radius 3 is 2.68 bits per heavy atom. The van der Waals surface area contributed by atoms with E-state index in [0.717, 1.165) is 23.7 Å². The van der Waals surface area contributed by atoms with E-state index in [2.05, 4.69) is 15.9 Å². The van der Waals surface area contributed by atoms with E-state index < -0.39 is 9.84 Å². The smallest absolute Gasteiger partial charge is 0.150 e. The summed E-state index contributed by atoms with van der Waals surface area (Å²) >= 11 is 3.45. The minimum Gasteiger partial charge on any atom is -0.229 e. The van der Waals surface area contributed by atoms with Crippen molar-refractivity contribution in [2.24, 2.45) is 5.92 Å². The van der Waals surface area contributed by atoms with Crippen molar-refractivity contribution < 1.29 is 12.8 Å². The van der Waals surface area contributed by atoms with Crippen LogP contribution < -0.4 is 0 Å². The number of alkyl halides is 1. The fraction of sp³-hybridized carbons (Fsp3) is 0.571. The molecule has 0 amide bonds. The van der Waals surface area contributed by atoms with Gasteiger partial charge in [-0.15, -0.1) is 0 Å². The monoisotopic (exact) mass is 350 g/mol. The Labute approximate surface area is 123 Å². The molecule has 5 heteroatoms. The van der Waals surface area contributed by atoms with E-state index in [-0.39, 0.29) is 17.3 Å². The summed E-state index contributed by atoms with van der Waals surface area (Å²) < 4.78 is 35.9. The summed E-state index contributed by atoms with van der Waals surface area (Å²) in [5.74, 6) is 0.569. The van der Waals surface area contributed by atoms with Crippen LogP contribution >= 0.6 is 15.9 Å². The van der Waals surface area contributed by atoms with E-state index in [9.17, 15) is 12.8 Å². The molecule has 0 aromatic heterocycles. The molecule has 19 heavy (non-hydrogen) atoms. The molecule has 0 spiro atoms. The molecule has 0 aliphatic carbocycles. The predicted octanol–water partition coefficient (Wildman–Crippen LogP) is 3.59. The first-order valence-electron chi connectivity index (χ1n) is 6.47. The molecule has 1 rings (SSSR count). The Hall–Kier alpha value is -0.420. The van der Waals surface area contributed by atoms with Gasteiger partial charge in [0.15, 0.2) is 0 Å². The number of benzene rings is 1. The maximum atomic E-state index is 13.1. The van der Waals surface area contributed by atoms with Crippen LogP contribution in [0.4, 0.5) is 4.39 Å². The summed E-state index contributed by atoms with van der Waals surface area (Å²) in [6.07, 6.45) is 2.28. The van der Waals surface area contributed by atoms with Crippen molar-refractivity contribution in [3.8, 4) is 0 Å². The molecule has 0 aliphatic heterocycles. The molecule has 1 atom stereocenters. The van der Waals surface area contributed by atoms with Crippen molar-refractivity contribution in [1.82, 2.24) is 0 Å². The normalized spacial score (nSPS) is 13.4. The zero-order valence-electron chi connectivity index (χ0n) is 11.1. The Kier molecular flexibility index (Phi) is 7.00. The van der Waals surface area contributed by atoms with E-state index >= 15 is 0 Å². The quantitative estimate of drug-likeness (QED) is 0.671. The van der Waals surface area contributed by atoms with Gasteiger partial charge in [0, 0.05) is 11.1 Å². The average molecular weight is 351 g/mol. The summed E-state index contributed by atoms with van der Waals surface area (Å²) in [6, 6.07) is 6.58. The summed E-state index contributed by atoms with van der Waals surface area (Å²) in [6.45, 7) is 1.67. The van der Waals surface area contributed by atoms with Crippen LogP contribution in [0.25, 0.3) is 0 Å². The van der Waals surface area contributed by atoms with Crippen LogP contribution in [0.2, 0.25) is 0 Å². The Bertz CT molecular complexity index is 488. The van der Waals surface area contributed by atoms with Crippen molar-refractivity contribution in [1.29, 1.82) is 0 Å². The number of rotatable bonds is 8. The Morgan fingerprint density at radius 1 is 1.37 bits per heavy atom. The molecule has 1 unspecified atom stereocenters. The maximum Gasteiger partial charge on any atom is 0.150 e. The third-order valence-electron chi connectivity index (χ3n) is 3.14. The summed E-state index contributed by atoms with van der Waals surface area (Å²) in [5, 5.41) is 0.801. The van der Waals surface area contributed by atoms with Gasteiger partial charge in [-0.1, -0.05) is 35.0 Å². The van der Waals surface area contributed by atoms with Gasteiger partial charge in [0.2, 0.25) is 0 Å². The number of hydrogen-bond donors (Lipinski definition) is 0. The highest BCUT2D eigenvalue weighted by atomic mass is 79.9. The topological polar surface area (TPSA) is 34.1 Å². The van der Waals surface area contributed by atoms with Crippen molar-refractivity contribution in [2.75, 3.05) is 16.8 Å². The van der Waals surface area contributed by atoms with Crippen LogP contribution in [0.3, 0.4) is 0 Å². The van der Waals surface area contributed by atoms with Gasteiger partial charge in [-0.05, 0) is 42.9 Å². The third kappa shape index (κ3) is 6.52. The maximum absolute atomic E-state index is 13.1. The van der Waals surface area contributed by atoms with E-state index in [1.807, 2.05) is 6.07 Å². The molecule has 0 saturated carbocycles. The van der Waals surface area contributed by atoms with Crippen molar-refractivity contribution in [2.45, 2.75) is 26.2 Å². The fourth-order valence-corrected chi connectivity index (χ4v) is 3.42. The molecule has 0 aliphatic rings. The molecule has 0 radical (unpaired) electrons. The van der Waals surface area contributed by atoms with E-state index in [4.69, 9.17) is 0 Å². The van der Waals surface area contributed by atoms with Crippen LogP contribution in [0.1, 0.15) is 25.3 Å². The number of halogens is 2. The van der Waals surface area contributed by atoms with Crippen LogP contribution in [0, 0.1) is 11.7 Å².